The Balaban J connectivity index is 1.71. The van der Waals surface area contributed by atoms with E-state index in [1.165, 1.54) is 16.3 Å². The summed E-state index contributed by atoms with van der Waals surface area (Å²) in [5.74, 6) is 0.344. The molecule has 0 aliphatic heterocycles. The summed E-state index contributed by atoms with van der Waals surface area (Å²) in [6.07, 6.45) is 4.25. The molecule has 3 nitrogen and oxygen atoms in total. The van der Waals surface area contributed by atoms with Gasteiger partial charge in [0.1, 0.15) is 0 Å². The van der Waals surface area contributed by atoms with Crippen LogP contribution >= 0.6 is 23.2 Å². The molecule has 0 heterocycles. The molecule has 0 saturated heterocycles. The topological polar surface area (TPSA) is 30.3 Å². The van der Waals surface area contributed by atoms with Gasteiger partial charge in [-0.2, -0.15) is 0 Å². The molecule has 130 valence electrons. The molecule has 0 amide bonds. The molecule has 26 heavy (non-hydrogen) atoms. The molecule has 0 bridgehead atoms. The quantitative estimate of drug-likeness (QED) is 0.334. The lowest BCUT2D eigenvalue weighted by Crippen LogP contribution is -2.40. The number of hydrogen-bond donors (Lipinski definition) is 1. The van der Waals surface area contributed by atoms with Gasteiger partial charge in [0.15, 0.2) is 0 Å². The molecule has 0 unspecified atom stereocenters. The zero-order chi connectivity index (χ0) is 18.4. The summed E-state index contributed by atoms with van der Waals surface area (Å²) in [6.45, 7) is 0. The number of halogens is 2. The highest BCUT2D eigenvalue weighted by atomic mass is 35.5. The second-order valence-corrected chi connectivity index (χ2v) is 7.13. The van der Waals surface area contributed by atoms with Crippen LogP contribution in [-0.2, 0) is 0 Å². The van der Waals surface area contributed by atoms with Crippen molar-refractivity contribution in [2.24, 2.45) is 0 Å². The number of benzene rings is 3. The molecule has 5 heteroatoms. The summed E-state index contributed by atoms with van der Waals surface area (Å²) in [6, 6.07) is 15.8. The molecule has 0 saturated carbocycles. The van der Waals surface area contributed by atoms with Crippen molar-refractivity contribution in [1.82, 2.24) is 0 Å². The molecular weight excluding hydrogens is 365 g/mol. The third kappa shape index (κ3) is 2.64. The van der Waals surface area contributed by atoms with Crippen LogP contribution in [0.3, 0.4) is 0 Å². The largest absolute Gasteiger partial charge is 0.315 e. The molecule has 3 aromatic rings. The summed E-state index contributed by atoms with van der Waals surface area (Å²) in [5, 5.41) is 12.1. The Morgan fingerprint density at radius 2 is 1.69 bits per heavy atom. The average molecular weight is 382 g/mol. The lowest BCUT2D eigenvalue weighted by molar-refractivity contribution is 1.12. The molecule has 1 N–H and O–H groups in total. The van der Waals surface area contributed by atoms with Gasteiger partial charge in [0, 0.05) is 25.3 Å². The maximum absolute atomic E-state index is 8.65. The van der Waals surface area contributed by atoms with Crippen LogP contribution in [0.2, 0.25) is 10.0 Å². The molecule has 4 rings (SSSR count). The maximum atomic E-state index is 8.65. The van der Waals surface area contributed by atoms with Crippen LogP contribution in [-0.4, -0.2) is 20.1 Å². The van der Waals surface area contributed by atoms with Gasteiger partial charge in [-0.05, 0) is 40.6 Å². The number of guanidine groups is 1. The summed E-state index contributed by atoms with van der Waals surface area (Å²) in [7, 11) is 3.75. The first-order chi connectivity index (χ1) is 12.5. The van der Waals surface area contributed by atoms with Crippen molar-refractivity contribution < 1.29 is 0 Å². The van der Waals surface area contributed by atoms with Gasteiger partial charge in [0.25, 0.3) is 0 Å². The number of anilines is 2. The number of hydrogen-bond acceptors (Lipinski definition) is 1. The summed E-state index contributed by atoms with van der Waals surface area (Å²) in [4.78, 5) is 3.66. The highest BCUT2D eigenvalue weighted by molar-refractivity contribution is 6.42. The average Bonchev–Trinajstić information content (AvgIpc) is 3.08. The SMILES string of the molecule is CN(C(=N)N(C)c1ccc2cccc3c2c1C=C3)c1ccc(Cl)c(Cl)c1. The molecule has 1 aliphatic rings. The lowest BCUT2D eigenvalue weighted by Gasteiger charge is -2.29. The van der Waals surface area contributed by atoms with Crippen LogP contribution in [0.5, 0.6) is 0 Å². The minimum absolute atomic E-state index is 0.344. The highest BCUT2D eigenvalue weighted by Gasteiger charge is 2.20. The monoisotopic (exact) mass is 381 g/mol. The Hall–Kier alpha value is -2.49. The third-order valence-corrected chi connectivity index (χ3v) is 5.55. The van der Waals surface area contributed by atoms with Gasteiger partial charge < -0.3 is 9.80 Å². The number of rotatable bonds is 2. The number of nitrogens with one attached hydrogen (secondary N) is 1. The van der Waals surface area contributed by atoms with E-state index in [4.69, 9.17) is 28.6 Å². The minimum Gasteiger partial charge on any atom is -0.315 e. The van der Waals surface area contributed by atoms with Crippen LogP contribution in [0.25, 0.3) is 22.9 Å². The second-order valence-electron chi connectivity index (χ2n) is 6.32. The van der Waals surface area contributed by atoms with Gasteiger partial charge in [-0.15, -0.1) is 0 Å². The van der Waals surface area contributed by atoms with E-state index in [0.717, 1.165) is 16.9 Å². The van der Waals surface area contributed by atoms with Crippen molar-refractivity contribution >= 4 is 63.5 Å². The van der Waals surface area contributed by atoms with E-state index < -0.39 is 0 Å². The maximum Gasteiger partial charge on any atom is 0.202 e. The van der Waals surface area contributed by atoms with Crippen LogP contribution < -0.4 is 9.80 Å². The second kappa shape index (κ2) is 6.35. The fraction of sp³-hybridized carbons (Fsp3) is 0.0952. The van der Waals surface area contributed by atoms with E-state index in [-0.39, 0.29) is 0 Å². The van der Waals surface area contributed by atoms with Crippen molar-refractivity contribution in [1.29, 1.82) is 5.41 Å². The third-order valence-electron chi connectivity index (χ3n) is 4.81. The molecule has 0 spiro atoms. The smallest absolute Gasteiger partial charge is 0.202 e. The molecule has 0 aromatic heterocycles. The molecule has 1 aliphatic carbocycles. The van der Waals surface area contributed by atoms with Crippen LogP contribution in [0.15, 0.2) is 48.5 Å². The summed E-state index contributed by atoms with van der Waals surface area (Å²) >= 11 is 12.1. The number of nitrogens with zero attached hydrogens (tertiary/aromatic N) is 2. The van der Waals surface area contributed by atoms with Gasteiger partial charge in [0.2, 0.25) is 5.96 Å². The van der Waals surface area contributed by atoms with Crippen molar-refractivity contribution in [3.05, 3.63) is 69.7 Å². The van der Waals surface area contributed by atoms with Gasteiger partial charge in [0.05, 0.1) is 15.7 Å². The van der Waals surface area contributed by atoms with Crippen LogP contribution in [0.1, 0.15) is 11.1 Å². The van der Waals surface area contributed by atoms with Crippen LogP contribution in [0, 0.1) is 5.41 Å². The summed E-state index contributed by atoms with van der Waals surface area (Å²) < 4.78 is 0. The van der Waals surface area contributed by atoms with E-state index in [0.29, 0.717) is 16.0 Å². The van der Waals surface area contributed by atoms with Gasteiger partial charge >= 0.3 is 0 Å². The van der Waals surface area contributed by atoms with Crippen molar-refractivity contribution in [3.63, 3.8) is 0 Å². The predicted octanol–water partition coefficient (Wildman–Crippen LogP) is 6.14. The Morgan fingerprint density at radius 3 is 2.46 bits per heavy atom. The van der Waals surface area contributed by atoms with E-state index in [9.17, 15) is 0 Å². The van der Waals surface area contributed by atoms with Crippen LogP contribution in [0.4, 0.5) is 11.4 Å². The fourth-order valence-electron chi connectivity index (χ4n) is 3.35. The van der Waals surface area contributed by atoms with Gasteiger partial charge in [-0.3, -0.25) is 5.41 Å². The molecule has 3 aromatic carbocycles. The van der Waals surface area contributed by atoms with Gasteiger partial charge in [-0.25, -0.2) is 0 Å². The zero-order valence-corrected chi connectivity index (χ0v) is 15.9. The molecular formula is C21H17Cl2N3. The molecule has 0 radical (unpaired) electrons. The predicted molar refractivity (Wildman–Crippen MR) is 114 cm³/mol. The summed E-state index contributed by atoms with van der Waals surface area (Å²) in [5.41, 5.74) is 4.17. The standard InChI is InChI=1S/C21H17Cl2N3/c1-25(15-8-10-17(22)18(23)12-15)21(24)26(2)19-11-7-14-5-3-4-13-6-9-16(19)20(13)14/h3-12,24H,1-2H3. The Bertz CT molecular complexity index is 1070. The lowest BCUT2D eigenvalue weighted by atomic mass is 10.0. The Labute approximate surface area is 162 Å². The van der Waals surface area contributed by atoms with Gasteiger partial charge in [-0.1, -0.05) is 59.6 Å². The normalized spacial score (nSPS) is 11.8. The minimum atomic E-state index is 0.344. The Kier molecular flexibility index (Phi) is 4.14. The molecule has 0 fully saturated rings. The van der Waals surface area contributed by atoms with E-state index >= 15 is 0 Å². The fourth-order valence-corrected chi connectivity index (χ4v) is 3.65. The zero-order valence-electron chi connectivity index (χ0n) is 14.4. The highest BCUT2D eigenvalue weighted by Crippen LogP contribution is 2.37. The van der Waals surface area contributed by atoms with Crippen molar-refractivity contribution in [3.8, 4) is 0 Å². The van der Waals surface area contributed by atoms with Crippen molar-refractivity contribution in [2.75, 3.05) is 23.9 Å². The first-order valence-corrected chi connectivity index (χ1v) is 8.98. The van der Waals surface area contributed by atoms with E-state index in [1.807, 2.05) is 25.1 Å². The van der Waals surface area contributed by atoms with E-state index in [2.05, 4.69) is 42.5 Å². The van der Waals surface area contributed by atoms with Crippen molar-refractivity contribution in [2.45, 2.75) is 0 Å². The first-order valence-electron chi connectivity index (χ1n) is 8.22. The Morgan fingerprint density at radius 1 is 0.885 bits per heavy atom. The first kappa shape index (κ1) is 17.0. The van der Waals surface area contributed by atoms with E-state index in [1.54, 1.807) is 17.0 Å². The molecule has 0 atom stereocenters.